The molecule has 0 aliphatic carbocycles. The number of rotatable bonds is 3. The molecule has 0 aliphatic heterocycles. The third-order valence-electron chi connectivity index (χ3n) is 1.92. The zero-order valence-corrected chi connectivity index (χ0v) is 8.35. The fraction of sp³-hybridized carbons (Fsp3) is 0.333. The number of nitrogens with one attached hydrogen (secondary N) is 1. The molecular formula is C9H12ClNO2. The molecule has 0 saturated carbocycles. The van der Waals surface area contributed by atoms with Crippen molar-refractivity contribution in [3.8, 4) is 5.75 Å². The highest BCUT2D eigenvalue weighted by atomic mass is 35.5. The van der Waals surface area contributed by atoms with Crippen LogP contribution in [0.2, 0.25) is 5.02 Å². The van der Waals surface area contributed by atoms with Crippen LogP contribution >= 0.6 is 11.6 Å². The van der Waals surface area contributed by atoms with Gasteiger partial charge in [-0.2, -0.15) is 0 Å². The fourth-order valence-electron chi connectivity index (χ4n) is 1.19. The third-order valence-corrected chi connectivity index (χ3v) is 2.14. The van der Waals surface area contributed by atoms with Gasteiger partial charge in [0.05, 0.1) is 7.11 Å². The smallest absolute Gasteiger partial charge is 0.123 e. The van der Waals surface area contributed by atoms with E-state index in [2.05, 4.69) is 5.48 Å². The average Bonchev–Trinajstić information content (AvgIpc) is 2.11. The number of benzene rings is 1. The molecule has 1 aromatic rings. The van der Waals surface area contributed by atoms with Gasteiger partial charge < -0.3 is 9.94 Å². The van der Waals surface area contributed by atoms with Crippen LogP contribution in [0, 0.1) is 6.92 Å². The Morgan fingerprint density at radius 3 is 2.77 bits per heavy atom. The first-order chi connectivity index (χ1) is 6.19. The molecule has 13 heavy (non-hydrogen) atoms. The van der Waals surface area contributed by atoms with E-state index < -0.39 is 0 Å². The maximum Gasteiger partial charge on any atom is 0.123 e. The number of halogens is 1. The zero-order chi connectivity index (χ0) is 9.84. The summed E-state index contributed by atoms with van der Waals surface area (Å²) in [4.78, 5) is 0. The van der Waals surface area contributed by atoms with E-state index in [4.69, 9.17) is 21.5 Å². The molecule has 3 nitrogen and oxygen atoms in total. The van der Waals surface area contributed by atoms with Gasteiger partial charge in [0.2, 0.25) is 0 Å². The number of hydrogen-bond acceptors (Lipinski definition) is 3. The molecule has 0 fully saturated rings. The van der Waals surface area contributed by atoms with Crippen molar-refractivity contribution in [2.24, 2.45) is 0 Å². The van der Waals surface area contributed by atoms with Crippen LogP contribution in [0.4, 0.5) is 0 Å². The third kappa shape index (κ3) is 2.34. The van der Waals surface area contributed by atoms with E-state index in [0.29, 0.717) is 11.6 Å². The molecule has 0 spiro atoms. The van der Waals surface area contributed by atoms with Crippen LogP contribution in [-0.2, 0) is 6.54 Å². The van der Waals surface area contributed by atoms with Crippen LogP contribution in [0.15, 0.2) is 12.1 Å². The van der Waals surface area contributed by atoms with Gasteiger partial charge in [0.15, 0.2) is 0 Å². The summed E-state index contributed by atoms with van der Waals surface area (Å²) in [5.41, 5.74) is 3.99. The van der Waals surface area contributed by atoms with Crippen molar-refractivity contribution in [2.75, 3.05) is 7.11 Å². The van der Waals surface area contributed by atoms with Gasteiger partial charge in [0.25, 0.3) is 0 Å². The second kappa shape index (κ2) is 4.46. The average molecular weight is 202 g/mol. The number of hydroxylamine groups is 1. The second-order valence-electron chi connectivity index (χ2n) is 2.73. The van der Waals surface area contributed by atoms with E-state index in [1.54, 1.807) is 19.2 Å². The highest BCUT2D eigenvalue weighted by Gasteiger charge is 2.05. The van der Waals surface area contributed by atoms with E-state index in [9.17, 15) is 0 Å². The topological polar surface area (TPSA) is 41.5 Å². The van der Waals surface area contributed by atoms with Crippen molar-refractivity contribution in [3.63, 3.8) is 0 Å². The van der Waals surface area contributed by atoms with Gasteiger partial charge >= 0.3 is 0 Å². The van der Waals surface area contributed by atoms with Gasteiger partial charge in [-0.1, -0.05) is 11.6 Å². The molecule has 0 atom stereocenters. The molecule has 0 aromatic heterocycles. The highest BCUT2D eigenvalue weighted by Crippen LogP contribution is 2.26. The highest BCUT2D eigenvalue weighted by molar-refractivity contribution is 6.30. The minimum Gasteiger partial charge on any atom is -0.496 e. The summed E-state index contributed by atoms with van der Waals surface area (Å²) in [7, 11) is 1.59. The lowest BCUT2D eigenvalue weighted by molar-refractivity contribution is 0.161. The van der Waals surface area contributed by atoms with E-state index in [1.807, 2.05) is 6.92 Å². The number of methoxy groups -OCH3 is 1. The Balaban J connectivity index is 3.11. The van der Waals surface area contributed by atoms with Gasteiger partial charge in [-0.3, -0.25) is 0 Å². The molecule has 0 bridgehead atoms. The summed E-state index contributed by atoms with van der Waals surface area (Å²) in [6.07, 6.45) is 0. The molecule has 0 unspecified atom stereocenters. The maximum atomic E-state index is 8.56. The lowest BCUT2D eigenvalue weighted by Gasteiger charge is -2.10. The zero-order valence-electron chi connectivity index (χ0n) is 7.60. The number of ether oxygens (including phenoxy) is 1. The van der Waals surface area contributed by atoms with Crippen molar-refractivity contribution in [1.29, 1.82) is 0 Å². The summed E-state index contributed by atoms with van der Waals surface area (Å²) < 4.78 is 5.12. The van der Waals surface area contributed by atoms with E-state index in [-0.39, 0.29) is 0 Å². The Bertz CT molecular complexity index is 302. The minimum absolute atomic E-state index is 0.364. The molecule has 72 valence electrons. The first-order valence-corrected chi connectivity index (χ1v) is 4.26. The molecular weight excluding hydrogens is 190 g/mol. The Morgan fingerprint density at radius 2 is 2.23 bits per heavy atom. The van der Waals surface area contributed by atoms with Crippen molar-refractivity contribution >= 4 is 11.6 Å². The first kappa shape index (κ1) is 10.3. The molecule has 4 heteroatoms. The second-order valence-corrected chi connectivity index (χ2v) is 3.16. The van der Waals surface area contributed by atoms with E-state index in [1.165, 1.54) is 0 Å². The minimum atomic E-state index is 0.364. The molecule has 1 aromatic carbocycles. The van der Waals surface area contributed by atoms with Gasteiger partial charge in [-0.25, -0.2) is 5.48 Å². The Labute approximate surface area is 82.2 Å². The summed E-state index contributed by atoms with van der Waals surface area (Å²) in [6.45, 7) is 2.28. The lowest BCUT2D eigenvalue weighted by Crippen LogP contribution is -2.08. The monoisotopic (exact) mass is 201 g/mol. The molecule has 0 saturated heterocycles. The van der Waals surface area contributed by atoms with Crippen molar-refractivity contribution in [2.45, 2.75) is 13.5 Å². The van der Waals surface area contributed by atoms with Crippen LogP contribution < -0.4 is 10.2 Å². The first-order valence-electron chi connectivity index (χ1n) is 3.89. The van der Waals surface area contributed by atoms with Gasteiger partial charge in [0.1, 0.15) is 5.75 Å². The molecule has 0 heterocycles. The van der Waals surface area contributed by atoms with E-state index in [0.717, 1.165) is 16.9 Å². The Morgan fingerprint density at radius 1 is 1.54 bits per heavy atom. The maximum absolute atomic E-state index is 8.56. The summed E-state index contributed by atoms with van der Waals surface area (Å²) in [5, 5.41) is 9.17. The molecule has 1 rings (SSSR count). The Hall–Kier alpha value is -0.770. The standard InChI is InChI=1S/C9H12ClNO2/c1-6-7(5-11-12)3-8(10)4-9(6)13-2/h3-4,11-12H,5H2,1-2H3. The van der Waals surface area contributed by atoms with Crippen LogP contribution in [0.25, 0.3) is 0 Å². The molecule has 0 aliphatic rings. The van der Waals surface area contributed by atoms with Gasteiger partial charge in [-0.15, -0.1) is 0 Å². The van der Waals surface area contributed by atoms with Gasteiger partial charge in [0, 0.05) is 11.6 Å². The normalized spacial score (nSPS) is 10.2. The molecule has 2 N–H and O–H groups in total. The summed E-state index contributed by atoms with van der Waals surface area (Å²) >= 11 is 5.85. The predicted molar refractivity (Wildman–Crippen MR) is 51.4 cm³/mol. The van der Waals surface area contributed by atoms with Crippen LogP contribution in [-0.4, -0.2) is 12.3 Å². The van der Waals surface area contributed by atoms with E-state index >= 15 is 0 Å². The Kier molecular flexibility index (Phi) is 3.54. The SMILES string of the molecule is COc1cc(Cl)cc(CNO)c1C. The van der Waals surface area contributed by atoms with Crippen LogP contribution in [0.3, 0.4) is 0 Å². The number of hydrogen-bond donors (Lipinski definition) is 2. The summed E-state index contributed by atoms with van der Waals surface area (Å²) in [5.74, 6) is 0.734. The van der Waals surface area contributed by atoms with Crippen LogP contribution in [0.5, 0.6) is 5.75 Å². The predicted octanol–water partition coefficient (Wildman–Crippen LogP) is 2.14. The molecule has 0 amide bonds. The van der Waals surface area contributed by atoms with Crippen LogP contribution in [0.1, 0.15) is 11.1 Å². The lowest BCUT2D eigenvalue weighted by atomic mass is 10.1. The quantitative estimate of drug-likeness (QED) is 0.737. The fourth-order valence-corrected chi connectivity index (χ4v) is 1.42. The summed E-state index contributed by atoms with van der Waals surface area (Å²) in [6, 6.07) is 3.54. The van der Waals surface area contributed by atoms with Crippen molar-refractivity contribution < 1.29 is 9.94 Å². The largest absolute Gasteiger partial charge is 0.496 e. The van der Waals surface area contributed by atoms with Crippen molar-refractivity contribution in [1.82, 2.24) is 5.48 Å². The van der Waals surface area contributed by atoms with Crippen molar-refractivity contribution in [3.05, 3.63) is 28.3 Å². The molecule has 0 radical (unpaired) electrons. The van der Waals surface area contributed by atoms with Gasteiger partial charge in [-0.05, 0) is 30.2 Å².